The summed E-state index contributed by atoms with van der Waals surface area (Å²) in [5, 5.41) is 1.16. The van der Waals surface area contributed by atoms with Gasteiger partial charge in [-0.3, -0.25) is 0 Å². The van der Waals surface area contributed by atoms with Crippen LogP contribution in [0.3, 0.4) is 0 Å². The normalized spacial score (nSPS) is 8.76. The topological polar surface area (TPSA) is 38.9 Å². The van der Waals surface area contributed by atoms with Gasteiger partial charge in [0.1, 0.15) is 5.82 Å². The fourth-order valence-electron chi connectivity index (χ4n) is 1.41. The van der Waals surface area contributed by atoms with Gasteiger partial charge in [-0.15, -0.1) is 0 Å². The van der Waals surface area contributed by atoms with E-state index in [0.29, 0.717) is 5.82 Å². The Balaban J connectivity index is 0.000000581. The summed E-state index contributed by atoms with van der Waals surface area (Å²) in [6.45, 7) is 10.1. The molecule has 0 fully saturated rings. The highest BCUT2D eigenvalue weighted by Gasteiger charge is 1.96. The first kappa shape index (κ1) is 15.4. The van der Waals surface area contributed by atoms with Crippen molar-refractivity contribution in [1.82, 2.24) is 4.98 Å². The van der Waals surface area contributed by atoms with Crippen molar-refractivity contribution in [3.8, 4) is 0 Å². The largest absolute Gasteiger partial charge is 0.384 e. The Bertz CT molecular complexity index is 436. The average Bonchev–Trinajstić information content (AvgIpc) is 2.42. The van der Waals surface area contributed by atoms with E-state index in [2.05, 4.69) is 24.0 Å². The van der Waals surface area contributed by atoms with Gasteiger partial charge in [0.05, 0.1) is 5.52 Å². The number of aryl methyl sites for hydroxylation is 1. The van der Waals surface area contributed by atoms with Crippen LogP contribution in [0.1, 0.15) is 40.2 Å². The van der Waals surface area contributed by atoms with E-state index in [-0.39, 0.29) is 0 Å². The van der Waals surface area contributed by atoms with E-state index < -0.39 is 0 Å². The molecule has 1 heterocycles. The van der Waals surface area contributed by atoms with E-state index in [1.807, 2.05) is 45.9 Å². The Morgan fingerprint density at radius 3 is 2.24 bits per heavy atom. The van der Waals surface area contributed by atoms with Crippen molar-refractivity contribution in [3.63, 3.8) is 0 Å². The van der Waals surface area contributed by atoms with Crippen molar-refractivity contribution in [3.05, 3.63) is 35.9 Å². The molecule has 0 amide bonds. The highest BCUT2D eigenvalue weighted by molar-refractivity contribution is 5.80. The molecule has 2 rings (SSSR count). The molecule has 0 unspecified atom stereocenters. The highest BCUT2D eigenvalue weighted by Crippen LogP contribution is 2.15. The number of nitrogen functional groups attached to an aromatic ring is 1. The van der Waals surface area contributed by atoms with Crippen molar-refractivity contribution >= 4 is 16.7 Å². The van der Waals surface area contributed by atoms with Gasteiger partial charge in [-0.1, -0.05) is 40.7 Å². The number of anilines is 1. The molecule has 0 saturated carbocycles. The fourth-order valence-corrected chi connectivity index (χ4v) is 1.41. The van der Waals surface area contributed by atoms with Gasteiger partial charge < -0.3 is 5.73 Å². The van der Waals surface area contributed by atoms with Gasteiger partial charge in [0.25, 0.3) is 0 Å². The second-order valence-corrected chi connectivity index (χ2v) is 3.12. The quantitative estimate of drug-likeness (QED) is 0.789. The van der Waals surface area contributed by atoms with Crippen LogP contribution in [0.25, 0.3) is 10.9 Å². The van der Waals surface area contributed by atoms with Crippen LogP contribution >= 0.6 is 0 Å². The predicted octanol–water partition coefficient (Wildman–Crippen LogP) is 4.43. The van der Waals surface area contributed by atoms with Crippen LogP contribution in [0, 0.1) is 0 Å². The van der Waals surface area contributed by atoms with Crippen LogP contribution in [0.4, 0.5) is 5.82 Å². The molecule has 1 aromatic carbocycles. The maximum absolute atomic E-state index is 5.58. The molecule has 17 heavy (non-hydrogen) atoms. The first-order chi connectivity index (χ1) is 8.29. The van der Waals surface area contributed by atoms with Crippen molar-refractivity contribution in [2.24, 2.45) is 0 Å². The zero-order valence-electron chi connectivity index (χ0n) is 11.6. The summed E-state index contributed by atoms with van der Waals surface area (Å²) in [7, 11) is 0. The van der Waals surface area contributed by atoms with Crippen molar-refractivity contribution in [1.29, 1.82) is 0 Å². The lowest BCUT2D eigenvalue weighted by molar-refractivity contribution is 1.14. The predicted molar refractivity (Wildman–Crippen MR) is 78.2 cm³/mol. The Morgan fingerprint density at radius 1 is 1.00 bits per heavy atom. The molecule has 94 valence electrons. The maximum Gasteiger partial charge on any atom is 0.124 e. The Morgan fingerprint density at radius 2 is 1.65 bits per heavy atom. The van der Waals surface area contributed by atoms with Crippen molar-refractivity contribution in [2.75, 3.05) is 5.73 Å². The summed E-state index contributed by atoms with van der Waals surface area (Å²) >= 11 is 0. The van der Waals surface area contributed by atoms with Gasteiger partial charge in [0, 0.05) is 5.39 Å². The zero-order valence-corrected chi connectivity index (χ0v) is 11.6. The molecule has 2 nitrogen and oxygen atoms in total. The van der Waals surface area contributed by atoms with E-state index in [1.165, 1.54) is 5.56 Å². The average molecular weight is 232 g/mol. The molecule has 0 spiro atoms. The summed E-state index contributed by atoms with van der Waals surface area (Å²) in [4.78, 5) is 4.23. The van der Waals surface area contributed by atoms with E-state index in [9.17, 15) is 0 Å². The molecule has 0 aliphatic carbocycles. The number of benzene rings is 1. The third-order valence-corrected chi connectivity index (χ3v) is 2.18. The number of hydrogen-bond donors (Lipinski definition) is 1. The molecule has 2 aromatic rings. The minimum atomic E-state index is 0.580. The van der Waals surface area contributed by atoms with Gasteiger partial charge >= 0.3 is 0 Å². The molecule has 2 heteroatoms. The van der Waals surface area contributed by atoms with Crippen molar-refractivity contribution < 1.29 is 0 Å². The van der Waals surface area contributed by atoms with Crippen molar-refractivity contribution in [2.45, 2.75) is 41.0 Å². The SMILES string of the molecule is CC.CC.CCc1ccc2nc(N)ccc2c1. The lowest BCUT2D eigenvalue weighted by Crippen LogP contribution is -1.90. The first-order valence-corrected chi connectivity index (χ1v) is 6.45. The summed E-state index contributed by atoms with van der Waals surface area (Å²) < 4.78 is 0. The number of rotatable bonds is 1. The number of nitrogens with two attached hydrogens (primary N) is 1. The van der Waals surface area contributed by atoms with Crippen LogP contribution in [-0.4, -0.2) is 4.98 Å². The van der Waals surface area contributed by atoms with Crippen LogP contribution in [0.5, 0.6) is 0 Å². The lowest BCUT2D eigenvalue weighted by atomic mass is 10.1. The standard InChI is InChI=1S/C11H12N2.2C2H6/c1-2-8-3-5-10-9(7-8)4-6-11(12)13-10;2*1-2/h3-7H,2H2,1H3,(H2,12,13);2*1-2H3. The molecule has 0 aliphatic rings. The van der Waals surface area contributed by atoms with E-state index in [4.69, 9.17) is 5.73 Å². The third-order valence-electron chi connectivity index (χ3n) is 2.18. The zero-order chi connectivity index (χ0) is 13.3. The van der Waals surface area contributed by atoms with Crippen LogP contribution in [0.2, 0.25) is 0 Å². The molecule has 0 bridgehead atoms. The maximum atomic E-state index is 5.58. The smallest absolute Gasteiger partial charge is 0.124 e. The highest BCUT2D eigenvalue weighted by atomic mass is 14.8. The third kappa shape index (κ3) is 4.43. The molecular formula is C15H24N2. The van der Waals surface area contributed by atoms with E-state index >= 15 is 0 Å². The minimum absolute atomic E-state index is 0.580. The number of pyridine rings is 1. The molecule has 0 radical (unpaired) electrons. The Labute approximate surface area is 105 Å². The first-order valence-electron chi connectivity index (χ1n) is 6.45. The van der Waals surface area contributed by atoms with Crippen LogP contribution in [0.15, 0.2) is 30.3 Å². The monoisotopic (exact) mass is 232 g/mol. The number of fused-ring (bicyclic) bond motifs is 1. The Kier molecular flexibility index (Phi) is 7.78. The van der Waals surface area contributed by atoms with Gasteiger partial charge in [-0.05, 0) is 36.2 Å². The summed E-state index contributed by atoms with van der Waals surface area (Å²) in [6.07, 6.45) is 1.06. The second kappa shape index (κ2) is 8.57. The molecule has 0 saturated heterocycles. The summed E-state index contributed by atoms with van der Waals surface area (Å²) in [5.41, 5.74) is 7.89. The summed E-state index contributed by atoms with van der Waals surface area (Å²) in [5.74, 6) is 0.580. The number of nitrogens with zero attached hydrogens (tertiary/aromatic N) is 1. The van der Waals surface area contributed by atoms with Crippen LogP contribution in [-0.2, 0) is 6.42 Å². The molecule has 0 aliphatic heterocycles. The minimum Gasteiger partial charge on any atom is -0.384 e. The molecule has 1 aromatic heterocycles. The van der Waals surface area contributed by atoms with E-state index in [1.54, 1.807) is 0 Å². The Hall–Kier alpha value is -1.57. The number of aromatic nitrogens is 1. The van der Waals surface area contributed by atoms with Gasteiger partial charge in [-0.2, -0.15) is 0 Å². The fraction of sp³-hybridized carbons (Fsp3) is 0.400. The molecular weight excluding hydrogens is 208 g/mol. The second-order valence-electron chi connectivity index (χ2n) is 3.12. The van der Waals surface area contributed by atoms with Gasteiger partial charge in [0.2, 0.25) is 0 Å². The van der Waals surface area contributed by atoms with Gasteiger partial charge in [-0.25, -0.2) is 4.98 Å². The lowest BCUT2D eigenvalue weighted by Gasteiger charge is -2.00. The molecule has 2 N–H and O–H groups in total. The van der Waals surface area contributed by atoms with Crippen LogP contribution < -0.4 is 5.73 Å². The van der Waals surface area contributed by atoms with E-state index in [0.717, 1.165) is 17.3 Å². The number of hydrogen-bond acceptors (Lipinski definition) is 2. The molecule has 0 atom stereocenters. The van der Waals surface area contributed by atoms with Gasteiger partial charge in [0.15, 0.2) is 0 Å². The summed E-state index contributed by atoms with van der Waals surface area (Å²) in [6, 6.07) is 10.1.